The Labute approximate surface area is 184 Å². The number of benzene rings is 1. The van der Waals surface area contributed by atoms with Crippen LogP contribution in [0, 0.1) is 0 Å². The molecular formula is C24H33N5O2. The Kier molecular flexibility index (Phi) is 6.70. The number of piperidine rings is 1. The highest BCUT2D eigenvalue weighted by Crippen LogP contribution is 2.30. The maximum atomic E-state index is 12.9. The highest BCUT2D eigenvalue weighted by molar-refractivity contribution is 5.77. The molecule has 1 unspecified atom stereocenters. The molecule has 2 aromatic rings. The number of nitrogens with one attached hydrogen (secondary N) is 1. The van der Waals surface area contributed by atoms with Crippen molar-refractivity contribution in [3.63, 3.8) is 0 Å². The van der Waals surface area contributed by atoms with E-state index in [1.54, 1.807) is 7.11 Å². The second-order valence-corrected chi connectivity index (χ2v) is 8.58. The van der Waals surface area contributed by atoms with Gasteiger partial charge in [-0.25, -0.2) is 9.97 Å². The lowest BCUT2D eigenvalue weighted by Crippen LogP contribution is -2.38. The van der Waals surface area contributed by atoms with E-state index in [1.165, 1.54) is 6.42 Å². The molecule has 1 N–H and O–H groups in total. The number of nitrogens with zero attached hydrogens (tertiary/aromatic N) is 4. The van der Waals surface area contributed by atoms with E-state index in [0.29, 0.717) is 31.8 Å². The summed E-state index contributed by atoms with van der Waals surface area (Å²) in [5.41, 5.74) is 3.22. The average molecular weight is 424 g/mol. The number of likely N-dealkylation sites (N-methyl/N-ethyl adjacent to an activating group) is 1. The largest absolute Gasteiger partial charge is 0.496 e. The molecular weight excluding hydrogens is 390 g/mol. The lowest BCUT2D eigenvalue weighted by molar-refractivity contribution is -0.132. The number of fused-ring (bicyclic) bond motifs is 1. The van der Waals surface area contributed by atoms with Crippen LogP contribution in [0.5, 0.6) is 5.75 Å². The summed E-state index contributed by atoms with van der Waals surface area (Å²) in [7, 11) is 5.74. The quantitative estimate of drug-likeness (QED) is 0.771. The molecule has 0 spiro atoms. The summed E-state index contributed by atoms with van der Waals surface area (Å²) in [6.45, 7) is 3.44. The first kappa shape index (κ1) is 21.6. The first-order valence-corrected chi connectivity index (χ1v) is 11.2. The average Bonchev–Trinajstić information content (AvgIpc) is 2.81. The first-order valence-electron chi connectivity index (χ1n) is 11.2. The van der Waals surface area contributed by atoms with Crippen molar-refractivity contribution in [2.45, 2.75) is 44.6 Å². The number of hydrogen-bond donors (Lipinski definition) is 1. The van der Waals surface area contributed by atoms with Crippen LogP contribution in [0.25, 0.3) is 0 Å². The highest BCUT2D eigenvalue weighted by Gasteiger charge is 2.28. The number of rotatable bonds is 6. The molecule has 1 fully saturated rings. The van der Waals surface area contributed by atoms with Crippen molar-refractivity contribution in [2.24, 2.45) is 0 Å². The van der Waals surface area contributed by atoms with Gasteiger partial charge in [-0.15, -0.1) is 0 Å². The standard InChI is InChI=1S/C24H33N5O2/c1-25-24-19-16-29(22(30)11-10-17-7-4-5-9-21(17)31-3)14-12-20(19)26-23(27-24)18-8-6-13-28(2)15-18/h4-5,7,9,18H,6,8,10-16H2,1-3H3,(H,25,26,27). The Hall–Kier alpha value is -2.67. The maximum absolute atomic E-state index is 12.9. The number of amides is 1. The van der Waals surface area contributed by atoms with Gasteiger partial charge in [-0.2, -0.15) is 0 Å². The van der Waals surface area contributed by atoms with Crippen molar-refractivity contribution in [1.82, 2.24) is 19.8 Å². The molecule has 1 aromatic carbocycles. The van der Waals surface area contributed by atoms with Crippen molar-refractivity contribution in [3.05, 3.63) is 46.9 Å². The predicted molar refractivity (Wildman–Crippen MR) is 121 cm³/mol. The highest BCUT2D eigenvalue weighted by atomic mass is 16.5. The minimum Gasteiger partial charge on any atom is -0.496 e. The smallest absolute Gasteiger partial charge is 0.223 e. The fourth-order valence-corrected chi connectivity index (χ4v) is 4.72. The number of carbonyl (C=O) groups is 1. The molecule has 0 saturated carbocycles. The summed E-state index contributed by atoms with van der Waals surface area (Å²) < 4.78 is 5.41. The van der Waals surface area contributed by atoms with Crippen LogP contribution in [0.15, 0.2) is 24.3 Å². The van der Waals surface area contributed by atoms with Crippen LogP contribution >= 0.6 is 0 Å². The van der Waals surface area contributed by atoms with Gasteiger partial charge in [-0.05, 0) is 44.5 Å². The van der Waals surface area contributed by atoms with E-state index in [0.717, 1.165) is 60.1 Å². The van der Waals surface area contributed by atoms with Gasteiger partial charge >= 0.3 is 0 Å². The van der Waals surface area contributed by atoms with Gasteiger partial charge in [-0.3, -0.25) is 4.79 Å². The molecule has 166 valence electrons. The molecule has 1 atom stereocenters. The fraction of sp³-hybridized carbons (Fsp3) is 0.542. The third kappa shape index (κ3) is 4.82. The van der Waals surface area contributed by atoms with E-state index in [-0.39, 0.29) is 5.91 Å². The molecule has 7 heteroatoms. The third-order valence-corrected chi connectivity index (χ3v) is 6.46. The van der Waals surface area contributed by atoms with Crippen LogP contribution in [-0.4, -0.2) is 66.5 Å². The zero-order valence-corrected chi connectivity index (χ0v) is 18.9. The second-order valence-electron chi connectivity index (χ2n) is 8.58. The first-order chi connectivity index (χ1) is 15.1. The number of para-hydroxylation sites is 1. The molecule has 0 aliphatic carbocycles. The van der Waals surface area contributed by atoms with Gasteiger partial charge in [0, 0.05) is 44.5 Å². The minimum absolute atomic E-state index is 0.164. The second kappa shape index (κ2) is 9.64. The van der Waals surface area contributed by atoms with Crippen molar-refractivity contribution >= 4 is 11.7 Å². The molecule has 3 heterocycles. The zero-order valence-electron chi connectivity index (χ0n) is 18.9. The zero-order chi connectivity index (χ0) is 21.8. The SMILES string of the molecule is CNc1nc(C2CCCN(C)C2)nc2c1CN(C(=O)CCc1ccccc1OC)CC2. The Balaban J connectivity index is 1.45. The molecule has 4 rings (SSSR count). The van der Waals surface area contributed by atoms with E-state index < -0.39 is 0 Å². The number of likely N-dealkylation sites (tertiary alicyclic amines) is 1. The molecule has 1 saturated heterocycles. The van der Waals surface area contributed by atoms with Gasteiger partial charge in [0.2, 0.25) is 5.91 Å². The Morgan fingerprint density at radius 2 is 2.10 bits per heavy atom. The van der Waals surface area contributed by atoms with Crippen LogP contribution in [0.1, 0.15) is 47.8 Å². The minimum atomic E-state index is 0.164. The monoisotopic (exact) mass is 423 g/mol. The third-order valence-electron chi connectivity index (χ3n) is 6.46. The summed E-state index contributed by atoms with van der Waals surface area (Å²) in [5, 5.41) is 3.26. The Morgan fingerprint density at radius 1 is 1.26 bits per heavy atom. The lowest BCUT2D eigenvalue weighted by atomic mass is 9.96. The van der Waals surface area contributed by atoms with E-state index in [9.17, 15) is 4.79 Å². The summed E-state index contributed by atoms with van der Waals surface area (Å²) in [6.07, 6.45) is 4.25. The fourth-order valence-electron chi connectivity index (χ4n) is 4.72. The Bertz CT molecular complexity index is 915. The molecule has 0 radical (unpaired) electrons. The van der Waals surface area contributed by atoms with E-state index in [1.807, 2.05) is 36.2 Å². The Morgan fingerprint density at radius 3 is 2.87 bits per heavy atom. The van der Waals surface area contributed by atoms with E-state index >= 15 is 0 Å². The van der Waals surface area contributed by atoms with E-state index in [4.69, 9.17) is 14.7 Å². The molecule has 2 aliphatic heterocycles. The molecule has 7 nitrogen and oxygen atoms in total. The van der Waals surface area contributed by atoms with Crippen LogP contribution in [0.4, 0.5) is 5.82 Å². The summed E-state index contributed by atoms with van der Waals surface area (Å²) in [4.78, 5) is 27.1. The van der Waals surface area contributed by atoms with Crippen molar-refractivity contribution in [1.29, 1.82) is 0 Å². The summed E-state index contributed by atoms with van der Waals surface area (Å²) in [6, 6.07) is 7.90. The summed E-state index contributed by atoms with van der Waals surface area (Å²) in [5.74, 6) is 3.21. The molecule has 1 amide bonds. The number of methoxy groups -OCH3 is 1. The molecule has 1 aromatic heterocycles. The van der Waals surface area contributed by atoms with Crippen LogP contribution in [0.3, 0.4) is 0 Å². The van der Waals surface area contributed by atoms with E-state index in [2.05, 4.69) is 17.3 Å². The van der Waals surface area contributed by atoms with Gasteiger partial charge in [0.1, 0.15) is 17.4 Å². The van der Waals surface area contributed by atoms with Crippen LogP contribution in [-0.2, 0) is 24.2 Å². The van der Waals surface area contributed by atoms with Crippen molar-refractivity contribution < 1.29 is 9.53 Å². The maximum Gasteiger partial charge on any atom is 0.223 e. The lowest BCUT2D eigenvalue weighted by Gasteiger charge is -2.32. The topological polar surface area (TPSA) is 70.6 Å². The van der Waals surface area contributed by atoms with Crippen LogP contribution in [0.2, 0.25) is 0 Å². The summed E-state index contributed by atoms with van der Waals surface area (Å²) >= 11 is 0. The normalized spacial score (nSPS) is 19.1. The number of anilines is 1. The van der Waals surface area contributed by atoms with Gasteiger partial charge in [-0.1, -0.05) is 18.2 Å². The molecule has 31 heavy (non-hydrogen) atoms. The van der Waals surface area contributed by atoms with Gasteiger partial charge in [0.25, 0.3) is 0 Å². The van der Waals surface area contributed by atoms with Gasteiger partial charge in [0.05, 0.1) is 19.3 Å². The van der Waals surface area contributed by atoms with Crippen molar-refractivity contribution in [3.8, 4) is 5.75 Å². The predicted octanol–water partition coefficient (Wildman–Crippen LogP) is 2.85. The number of hydrogen-bond acceptors (Lipinski definition) is 6. The number of aromatic nitrogens is 2. The number of ether oxygens (including phenoxy) is 1. The van der Waals surface area contributed by atoms with Gasteiger partial charge < -0.3 is 19.9 Å². The molecule has 2 aliphatic rings. The number of carbonyl (C=O) groups excluding carboxylic acids is 1. The van der Waals surface area contributed by atoms with Crippen LogP contribution < -0.4 is 10.1 Å². The van der Waals surface area contributed by atoms with Crippen molar-refractivity contribution in [2.75, 3.05) is 46.2 Å². The number of aryl methyl sites for hydroxylation is 1. The molecule has 0 bridgehead atoms. The van der Waals surface area contributed by atoms with Gasteiger partial charge in [0.15, 0.2) is 0 Å².